The molecule has 0 aromatic heterocycles. The Kier molecular flexibility index (Phi) is 9.22. The molecule has 0 aliphatic rings. The molecule has 0 aliphatic heterocycles. The van der Waals surface area contributed by atoms with Gasteiger partial charge in [0.15, 0.2) is 0 Å². The Morgan fingerprint density at radius 2 is 2.04 bits per heavy atom. The smallest absolute Gasteiger partial charge is 0.410 e. The van der Waals surface area contributed by atoms with Crippen LogP contribution in [0.25, 0.3) is 0 Å². The average Bonchev–Trinajstić information content (AvgIpc) is 2.51. The molecule has 0 spiro atoms. The Morgan fingerprint density at radius 1 is 1.33 bits per heavy atom. The highest BCUT2D eigenvalue weighted by Crippen LogP contribution is 2.18. The van der Waals surface area contributed by atoms with Gasteiger partial charge in [-0.05, 0) is 44.6 Å². The molecule has 0 saturated heterocycles. The molecule has 0 atom stereocenters. The van der Waals surface area contributed by atoms with E-state index < -0.39 is 0 Å². The largest absolute Gasteiger partial charge is 0.449 e. The second-order valence-corrected chi connectivity index (χ2v) is 7.93. The van der Waals surface area contributed by atoms with E-state index in [1.54, 1.807) is 16.7 Å². The number of nitrogens with zero attached hydrogens (tertiary/aromatic N) is 1. The van der Waals surface area contributed by atoms with Crippen LogP contribution < -0.4 is 0 Å². The normalized spacial score (nSPS) is 11.2. The molecule has 134 valence electrons. The number of carbonyl (C=O) groups is 2. The lowest BCUT2D eigenvalue weighted by molar-refractivity contribution is -0.105. The van der Waals surface area contributed by atoms with Crippen molar-refractivity contribution in [1.82, 2.24) is 4.90 Å². The Labute approximate surface area is 153 Å². The standard InChI is InChI=1S/C18H26ClNO3S/c1-18(2,3)20(10-6-13-24-14-11-21)17(22)23-12-9-15-7-4-5-8-16(15)19/h4-5,7-8,11H,6,9-10,12-14H2,1-3H3. The van der Waals surface area contributed by atoms with E-state index in [1.807, 2.05) is 45.0 Å². The van der Waals surface area contributed by atoms with E-state index in [2.05, 4.69) is 0 Å². The number of hydrogen-bond acceptors (Lipinski definition) is 4. The van der Waals surface area contributed by atoms with Crippen LogP contribution in [0.4, 0.5) is 4.79 Å². The highest BCUT2D eigenvalue weighted by Gasteiger charge is 2.27. The van der Waals surface area contributed by atoms with Crippen molar-refractivity contribution in [3.63, 3.8) is 0 Å². The summed E-state index contributed by atoms with van der Waals surface area (Å²) in [6.45, 7) is 6.87. The van der Waals surface area contributed by atoms with E-state index in [1.165, 1.54) is 0 Å². The number of ether oxygens (including phenoxy) is 1. The molecule has 6 heteroatoms. The zero-order chi connectivity index (χ0) is 18.0. The third kappa shape index (κ3) is 7.58. The summed E-state index contributed by atoms with van der Waals surface area (Å²) in [5.74, 6) is 1.34. The molecular weight excluding hydrogens is 346 g/mol. The topological polar surface area (TPSA) is 46.6 Å². The van der Waals surface area contributed by atoms with Gasteiger partial charge in [-0.2, -0.15) is 11.8 Å². The first-order chi connectivity index (χ1) is 11.4. The number of benzene rings is 1. The minimum atomic E-state index is -0.310. The fraction of sp³-hybridized carbons (Fsp3) is 0.556. The predicted molar refractivity (Wildman–Crippen MR) is 101 cm³/mol. The maximum absolute atomic E-state index is 12.4. The fourth-order valence-electron chi connectivity index (χ4n) is 2.18. The van der Waals surface area contributed by atoms with Crippen molar-refractivity contribution < 1.29 is 14.3 Å². The molecule has 1 amide bonds. The Balaban J connectivity index is 2.46. The van der Waals surface area contributed by atoms with E-state index in [-0.39, 0.29) is 11.6 Å². The van der Waals surface area contributed by atoms with Crippen LogP contribution in [0.2, 0.25) is 5.02 Å². The minimum absolute atomic E-state index is 0.301. The van der Waals surface area contributed by atoms with Crippen LogP contribution in [0.5, 0.6) is 0 Å². The first kappa shape index (κ1) is 20.8. The summed E-state index contributed by atoms with van der Waals surface area (Å²) in [5, 5.41) is 0.688. The van der Waals surface area contributed by atoms with Gasteiger partial charge in [0.05, 0.1) is 6.61 Å². The molecule has 0 N–H and O–H groups in total. The monoisotopic (exact) mass is 371 g/mol. The molecule has 0 unspecified atom stereocenters. The first-order valence-corrected chi connectivity index (χ1v) is 9.58. The Bertz CT molecular complexity index is 531. The van der Waals surface area contributed by atoms with Gasteiger partial charge in [-0.15, -0.1) is 0 Å². The lowest BCUT2D eigenvalue weighted by atomic mass is 10.1. The van der Waals surface area contributed by atoms with Crippen molar-refractivity contribution in [2.24, 2.45) is 0 Å². The van der Waals surface area contributed by atoms with Crippen molar-refractivity contribution in [2.75, 3.05) is 24.7 Å². The van der Waals surface area contributed by atoms with Crippen LogP contribution in [-0.4, -0.2) is 47.5 Å². The van der Waals surface area contributed by atoms with Crippen LogP contribution in [0.3, 0.4) is 0 Å². The van der Waals surface area contributed by atoms with Gasteiger partial charge in [0.2, 0.25) is 0 Å². The summed E-state index contributed by atoms with van der Waals surface area (Å²) in [6, 6.07) is 7.56. The lowest BCUT2D eigenvalue weighted by Crippen LogP contribution is -2.46. The molecule has 0 radical (unpaired) electrons. The first-order valence-electron chi connectivity index (χ1n) is 8.05. The molecule has 1 aromatic carbocycles. The molecular formula is C18H26ClNO3S. The van der Waals surface area contributed by atoms with Crippen molar-refractivity contribution in [1.29, 1.82) is 0 Å². The molecule has 0 heterocycles. The molecule has 24 heavy (non-hydrogen) atoms. The Hall–Kier alpha value is -1.20. The van der Waals surface area contributed by atoms with Gasteiger partial charge in [0.1, 0.15) is 6.29 Å². The number of hydrogen-bond donors (Lipinski definition) is 0. The van der Waals surface area contributed by atoms with Crippen LogP contribution in [0.1, 0.15) is 32.8 Å². The van der Waals surface area contributed by atoms with Gasteiger partial charge in [0.25, 0.3) is 0 Å². The molecule has 0 bridgehead atoms. The van der Waals surface area contributed by atoms with Crippen molar-refractivity contribution in [2.45, 2.75) is 39.2 Å². The van der Waals surface area contributed by atoms with Crippen LogP contribution in [0.15, 0.2) is 24.3 Å². The summed E-state index contributed by atoms with van der Waals surface area (Å²) >= 11 is 7.68. The molecule has 1 aromatic rings. The summed E-state index contributed by atoms with van der Waals surface area (Å²) in [7, 11) is 0. The summed E-state index contributed by atoms with van der Waals surface area (Å²) in [4.78, 5) is 24.4. The summed E-state index contributed by atoms with van der Waals surface area (Å²) in [5.41, 5.74) is 0.663. The van der Waals surface area contributed by atoms with Crippen LogP contribution in [-0.2, 0) is 16.0 Å². The van der Waals surface area contributed by atoms with Crippen molar-refractivity contribution in [3.05, 3.63) is 34.9 Å². The van der Waals surface area contributed by atoms with Gasteiger partial charge in [-0.1, -0.05) is 29.8 Å². The molecule has 0 fully saturated rings. The van der Waals surface area contributed by atoms with E-state index in [0.717, 1.165) is 24.0 Å². The lowest BCUT2D eigenvalue weighted by Gasteiger charge is -2.34. The Morgan fingerprint density at radius 3 is 2.67 bits per heavy atom. The number of amides is 1. The number of rotatable bonds is 9. The van der Waals surface area contributed by atoms with E-state index in [0.29, 0.717) is 30.3 Å². The fourth-order valence-corrected chi connectivity index (χ4v) is 3.01. The van der Waals surface area contributed by atoms with Gasteiger partial charge in [-0.25, -0.2) is 4.79 Å². The van der Waals surface area contributed by atoms with E-state index >= 15 is 0 Å². The van der Waals surface area contributed by atoms with Gasteiger partial charge >= 0.3 is 6.09 Å². The third-order valence-electron chi connectivity index (χ3n) is 3.44. The van der Waals surface area contributed by atoms with Crippen LogP contribution >= 0.6 is 23.4 Å². The molecule has 4 nitrogen and oxygen atoms in total. The summed E-state index contributed by atoms with van der Waals surface area (Å²) in [6.07, 6.45) is 2.01. The maximum Gasteiger partial charge on any atom is 0.410 e. The van der Waals surface area contributed by atoms with Crippen molar-refractivity contribution >= 4 is 35.7 Å². The van der Waals surface area contributed by atoms with E-state index in [4.69, 9.17) is 16.3 Å². The number of aldehydes is 1. The molecule has 0 saturated carbocycles. The second-order valence-electron chi connectivity index (χ2n) is 6.37. The minimum Gasteiger partial charge on any atom is -0.449 e. The number of carbonyl (C=O) groups excluding carboxylic acids is 2. The quantitative estimate of drug-likeness (QED) is 0.475. The van der Waals surface area contributed by atoms with E-state index in [9.17, 15) is 9.59 Å². The molecule has 0 aliphatic carbocycles. The molecule has 1 rings (SSSR count). The zero-order valence-electron chi connectivity index (χ0n) is 14.6. The highest BCUT2D eigenvalue weighted by atomic mass is 35.5. The predicted octanol–water partition coefficient (Wildman–Crippen LogP) is 4.44. The number of halogens is 1. The average molecular weight is 372 g/mol. The zero-order valence-corrected chi connectivity index (χ0v) is 16.2. The SMILES string of the molecule is CC(C)(C)N(CCCSCC=O)C(=O)OCCc1ccccc1Cl. The van der Waals surface area contributed by atoms with Gasteiger partial charge < -0.3 is 14.4 Å². The second kappa shape index (κ2) is 10.6. The van der Waals surface area contributed by atoms with Crippen LogP contribution in [0, 0.1) is 0 Å². The highest BCUT2D eigenvalue weighted by molar-refractivity contribution is 7.99. The van der Waals surface area contributed by atoms with Crippen molar-refractivity contribution in [3.8, 4) is 0 Å². The third-order valence-corrected chi connectivity index (χ3v) is 4.76. The van der Waals surface area contributed by atoms with Gasteiger partial charge in [0, 0.05) is 29.3 Å². The number of thioether (sulfide) groups is 1. The summed E-state index contributed by atoms with van der Waals surface area (Å²) < 4.78 is 5.43. The van der Waals surface area contributed by atoms with Gasteiger partial charge in [-0.3, -0.25) is 0 Å². The maximum atomic E-state index is 12.4.